The van der Waals surface area contributed by atoms with Gasteiger partial charge in [0.25, 0.3) is 0 Å². The molecular formula is C7H12N3NaO2S2-. The average molecular weight is 257 g/mol. The fraction of sp³-hybridized carbons (Fsp3) is 0.714. The Morgan fingerprint density at radius 2 is 2.20 bits per heavy atom. The normalized spacial score (nSPS) is 12.3. The number of hydrogen-bond acceptors (Lipinski definition) is 5. The third kappa shape index (κ3) is 6.60. The molecule has 0 amide bonds. The largest absolute Gasteiger partial charge is 0.755 e. The van der Waals surface area contributed by atoms with Crippen LogP contribution in [0.4, 0.5) is 5.13 Å². The molecule has 0 aliphatic heterocycles. The van der Waals surface area contributed by atoms with Gasteiger partial charge in [0.2, 0.25) is 5.13 Å². The molecule has 1 heterocycles. The Kier molecular flexibility index (Phi) is 7.94. The maximum absolute atomic E-state index is 10.3. The monoisotopic (exact) mass is 257 g/mol. The van der Waals surface area contributed by atoms with Gasteiger partial charge in [-0.25, -0.2) is 0 Å². The van der Waals surface area contributed by atoms with Crippen LogP contribution in [-0.4, -0.2) is 48.5 Å². The van der Waals surface area contributed by atoms with E-state index in [1.54, 1.807) is 0 Å². The maximum atomic E-state index is 10.3. The van der Waals surface area contributed by atoms with Crippen molar-refractivity contribution in [1.82, 2.24) is 10.2 Å². The maximum Gasteiger partial charge on any atom is 0.216 e. The number of aryl methyl sites for hydroxylation is 1. The van der Waals surface area contributed by atoms with Crippen molar-refractivity contribution in [3.05, 3.63) is 5.01 Å². The average Bonchev–Trinajstić information content (AvgIpc) is 2.47. The van der Waals surface area contributed by atoms with Crippen LogP contribution in [0.2, 0.25) is 0 Å². The third-order valence-corrected chi connectivity index (χ3v) is 2.96. The number of nitrogens with zero attached hydrogens (tertiary/aromatic N) is 2. The molecule has 1 N–H and O–H groups in total. The summed E-state index contributed by atoms with van der Waals surface area (Å²) >= 11 is -1.03. The third-order valence-electron chi connectivity index (χ3n) is 1.57. The van der Waals surface area contributed by atoms with Gasteiger partial charge in [-0.1, -0.05) is 25.2 Å². The van der Waals surface area contributed by atoms with E-state index < -0.39 is 11.3 Å². The second-order valence-corrected chi connectivity index (χ2v) is 5.01. The fourth-order valence-corrected chi connectivity index (χ4v) is 2.04. The topological polar surface area (TPSA) is 77.9 Å². The number of rotatable bonds is 5. The molecule has 0 aromatic carbocycles. The van der Waals surface area contributed by atoms with E-state index in [-0.39, 0.29) is 29.6 Å². The summed E-state index contributed by atoms with van der Waals surface area (Å²) in [4.78, 5) is 0. The van der Waals surface area contributed by atoms with Crippen LogP contribution in [0.25, 0.3) is 0 Å². The summed E-state index contributed by atoms with van der Waals surface area (Å²) in [5.41, 5.74) is 0. The fourth-order valence-electron chi connectivity index (χ4n) is 0.879. The SMILES string of the molecule is CC(C)CCc1nnc(NS(=O)[O-])s1.[Na]. The summed E-state index contributed by atoms with van der Waals surface area (Å²) in [6.07, 6.45) is 1.89. The van der Waals surface area contributed by atoms with Crippen molar-refractivity contribution in [2.24, 2.45) is 5.92 Å². The van der Waals surface area contributed by atoms with Crippen molar-refractivity contribution in [3.63, 3.8) is 0 Å². The molecule has 0 bridgehead atoms. The Hall–Kier alpha value is 0.470. The van der Waals surface area contributed by atoms with Crippen molar-refractivity contribution in [1.29, 1.82) is 0 Å². The molecule has 0 aliphatic carbocycles. The van der Waals surface area contributed by atoms with Crippen LogP contribution >= 0.6 is 11.3 Å². The van der Waals surface area contributed by atoms with E-state index >= 15 is 0 Å². The minimum atomic E-state index is -2.31. The molecule has 1 unspecified atom stereocenters. The Morgan fingerprint density at radius 1 is 1.53 bits per heavy atom. The van der Waals surface area contributed by atoms with Crippen LogP contribution in [0.5, 0.6) is 0 Å². The van der Waals surface area contributed by atoms with Gasteiger partial charge in [0.05, 0.1) is 0 Å². The predicted molar refractivity (Wildman–Crippen MR) is 61.4 cm³/mol. The number of nitrogens with one attached hydrogen (secondary N) is 1. The molecule has 81 valence electrons. The molecule has 0 spiro atoms. The van der Waals surface area contributed by atoms with Gasteiger partial charge in [-0.3, -0.25) is 8.93 Å². The van der Waals surface area contributed by atoms with E-state index in [0.717, 1.165) is 17.8 Å². The van der Waals surface area contributed by atoms with Crippen molar-refractivity contribution in [2.45, 2.75) is 26.7 Å². The second-order valence-electron chi connectivity index (χ2n) is 3.27. The Morgan fingerprint density at radius 3 is 2.73 bits per heavy atom. The summed E-state index contributed by atoms with van der Waals surface area (Å²) in [6, 6.07) is 0. The molecule has 0 saturated heterocycles. The summed E-state index contributed by atoms with van der Waals surface area (Å²) in [5, 5.41) is 8.77. The first kappa shape index (κ1) is 15.5. The van der Waals surface area contributed by atoms with Crippen LogP contribution in [-0.2, 0) is 17.7 Å². The molecule has 15 heavy (non-hydrogen) atoms. The van der Waals surface area contributed by atoms with Gasteiger partial charge in [0, 0.05) is 47.2 Å². The molecule has 1 aromatic heterocycles. The van der Waals surface area contributed by atoms with Crippen LogP contribution in [0.1, 0.15) is 25.3 Å². The molecule has 1 atom stereocenters. The predicted octanol–water partition coefficient (Wildman–Crippen LogP) is 0.952. The van der Waals surface area contributed by atoms with Crippen LogP contribution in [0, 0.1) is 5.92 Å². The van der Waals surface area contributed by atoms with E-state index in [4.69, 9.17) is 0 Å². The van der Waals surface area contributed by atoms with E-state index in [0.29, 0.717) is 11.0 Å². The van der Waals surface area contributed by atoms with Gasteiger partial charge < -0.3 is 4.55 Å². The zero-order chi connectivity index (χ0) is 10.6. The Labute approximate surface area is 118 Å². The van der Waals surface area contributed by atoms with Crippen LogP contribution in [0.3, 0.4) is 0 Å². The van der Waals surface area contributed by atoms with Gasteiger partial charge >= 0.3 is 0 Å². The molecule has 1 rings (SSSR count). The first-order valence-electron chi connectivity index (χ1n) is 4.26. The van der Waals surface area contributed by atoms with E-state index in [1.165, 1.54) is 11.3 Å². The number of hydrogen-bond donors (Lipinski definition) is 1. The van der Waals surface area contributed by atoms with Gasteiger partial charge in [-0.2, -0.15) is 0 Å². The zero-order valence-electron chi connectivity index (χ0n) is 9.02. The summed E-state index contributed by atoms with van der Waals surface area (Å²) in [5.74, 6) is 0.615. The molecule has 0 saturated carbocycles. The summed E-state index contributed by atoms with van der Waals surface area (Å²) in [6.45, 7) is 4.26. The molecule has 8 heteroatoms. The molecule has 5 nitrogen and oxygen atoms in total. The van der Waals surface area contributed by atoms with Gasteiger partial charge in [0.1, 0.15) is 5.01 Å². The summed E-state index contributed by atoms with van der Waals surface area (Å²) in [7, 11) is 0. The Balaban J connectivity index is 0.00000196. The van der Waals surface area contributed by atoms with Gasteiger partial charge in [-0.05, 0) is 12.3 Å². The number of aromatic nitrogens is 2. The number of anilines is 1. The van der Waals surface area contributed by atoms with Crippen molar-refractivity contribution < 1.29 is 8.76 Å². The van der Waals surface area contributed by atoms with Crippen molar-refractivity contribution >= 4 is 57.3 Å². The van der Waals surface area contributed by atoms with E-state index in [2.05, 4.69) is 28.8 Å². The van der Waals surface area contributed by atoms with Crippen LogP contribution < -0.4 is 4.72 Å². The minimum absolute atomic E-state index is 0. The van der Waals surface area contributed by atoms with Crippen molar-refractivity contribution in [2.75, 3.05) is 4.72 Å². The second kappa shape index (κ2) is 7.70. The first-order chi connectivity index (χ1) is 6.58. The zero-order valence-corrected chi connectivity index (χ0v) is 12.7. The van der Waals surface area contributed by atoms with Crippen molar-refractivity contribution in [3.8, 4) is 0 Å². The molecule has 0 aliphatic rings. The molecule has 1 aromatic rings. The molecule has 1 radical (unpaired) electrons. The standard InChI is InChI=1S/C7H13N3O2S2.Na/c1-5(2)3-4-6-8-9-7(13-6)10-14(11)12;/h5H,3-4H2,1-2H3,(H,9,10)(H,11,12);/p-1. The quantitative estimate of drug-likeness (QED) is 0.629. The first-order valence-corrected chi connectivity index (χ1v) is 6.15. The molecular weight excluding hydrogens is 245 g/mol. The Bertz CT molecular complexity index is 319. The smallest absolute Gasteiger partial charge is 0.216 e. The van der Waals surface area contributed by atoms with E-state index in [9.17, 15) is 8.76 Å². The van der Waals surface area contributed by atoms with Gasteiger partial charge in [0.15, 0.2) is 0 Å². The van der Waals surface area contributed by atoms with Crippen LogP contribution in [0.15, 0.2) is 0 Å². The van der Waals surface area contributed by atoms with Gasteiger partial charge in [-0.15, -0.1) is 10.2 Å². The van der Waals surface area contributed by atoms with E-state index in [1.807, 2.05) is 0 Å². The molecule has 0 fully saturated rings. The summed E-state index contributed by atoms with van der Waals surface area (Å²) < 4.78 is 22.7. The minimum Gasteiger partial charge on any atom is -0.755 e.